The summed E-state index contributed by atoms with van der Waals surface area (Å²) in [6, 6.07) is 2.70. The third-order valence-corrected chi connectivity index (χ3v) is 6.31. The van der Waals surface area contributed by atoms with E-state index in [9.17, 15) is 22.8 Å². The molecule has 0 aliphatic carbocycles. The van der Waals surface area contributed by atoms with E-state index >= 15 is 0 Å². The van der Waals surface area contributed by atoms with Crippen LogP contribution in [-0.2, 0) is 15.7 Å². The smallest absolute Gasteiger partial charge is 0.416 e. The molecule has 1 aromatic carbocycles. The average molecular weight is 462 g/mol. The molecule has 1 N–H and O–H groups in total. The molecule has 11 heteroatoms. The van der Waals surface area contributed by atoms with Gasteiger partial charge in [-0.15, -0.1) is 0 Å². The first-order chi connectivity index (χ1) is 14.6. The normalized spacial score (nSPS) is 25.4. The number of benzene rings is 1. The Hall–Kier alpha value is -2.20. The fourth-order valence-electron chi connectivity index (χ4n) is 4.11. The SMILES string of the molecule is CC(Oc1ccc(C(F)(F)F)cc1Cl)C1CN(C(=O)N2CC[C@H]3OCC(=O)N[C@H]3C2)C1. The number of carbonyl (C=O) groups excluding carboxylic acids is 2. The topological polar surface area (TPSA) is 71.1 Å². The van der Waals surface area contributed by atoms with Crippen LogP contribution in [0.5, 0.6) is 5.75 Å². The van der Waals surface area contributed by atoms with Crippen LogP contribution in [-0.4, -0.2) is 72.8 Å². The van der Waals surface area contributed by atoms with Gasteiger partial charge in [-0.1, -0.05) is 11.6 Å². The van der Waals surface area contributed by atoms with Gasteiger partial charge in [0.2, 0.25) is 5.91 Å². The monoisotopic (exact) mass is 461 g/mol. The largest absolute Gasteiger partial charge is 0.489 e. The van der Waals surface area contributed by atoms with E-state index in [2.05, 4.69) is 5.32 Å². The number of hydrogen-bond acceptors (Lipinski definition) is 4. The molecule has 0 aromatic heterocycles. The lowest BCUT2D eigenvalue weighted by molar-refractivity contribution is -0.140. The second-order valence-electron chi connectivity index (χ2n) is 8.17. The van der Waals surface area contributed by atoms with Crippen LogP contribution in [0, 0.1) is 5.92 Å². The summed E-state index contributed by atoms with van der Waals surface area (Å²) < 4.78 is 49.6. The third-order valence-electron chi connectivity index (χ3n) is 6.01. The lowest BCUT2D eigenvalue weighted by Gasteiger charge is -2.47. The highest BCUT2D eigenvalue weighted by atomic mass is 35.5. The van der Waals surface area contributed by atoms with Gasteiger partial charge in [-0.2, -0.15) is 13.2 Å². The number of rotatable bonds is 3. The molecule has 3 aliphatic heterocycles. The van der Waals surface area contributed by atoms with Gasteiger partial charge >= 0.3 is 12.2 Å². The van der Waals surface area contributed by atoms with Crippen molar-refractivity contribution in [3.05, 3.63) is 28.8 Å². The third kappa shape index (κ3) is 4.69. The first kappa shape index (κ1) is 22.0. The molecule has 3 amide bonds. The number of hydrogen-bond donors (Lipinski definition) is 1. The molecule has 0 spiro atoms. The van der Waals surface area contributed by atoms with Crippen LogP contribution in [0.2, 0.25) is 5.02 Å². The summed E-state index contributed by atoms with van der Waals surface area (Å²) in [7, 11) is 0. The highest BCUT2D eigenvalue weighted by Crippen LogP contribution is 2.36. The second kappa shape index (κ2) is 8.38. The molecule has 3 atom stereocenters. The minimum absolute atomic E-state index is 0.0394. The number of piperidine rings is 1. The Balaban J connectivity index is 1.28. The molecule has 7 nitrogen and oxygen atoms in total. The summed E-state index contributed by atoms with van der Waals surface area (Å²) in [4.78, 5) is 27.7. The minimum Gasteiger partial charge on any atom is -0.489 e. The number of amides is 3. The van der Waals surface area contributed by atoms with Crippen LogP contribution in [0.25, 0.3) is 0 Å². The van der Waals surface area contributed by atoms with Gasteiger partial charge in [0.25, 0.3) is 0 Å². The van der Waals surface area contributed by atoms with Crippen molar-refractivity contribution in [2.45, 2.75) is 37.8 Å². The molecule has 1 aromatic rings. The zero-order chi connectivity index (χ0) is 22.3. The van der Waals surface area contributed by atoms with Crippen molar-refractivity contribution in [2.24, 2.45) is 5.92 Å². The van der Waals surface area contributed by atoms with Crippen molar-refractivity contribution in [1.82, 2.24) is 15.1 Å². The van der Waals surface area contributed by atoms with Gasteiger partial charge in [0.15, 0.2) is 0 Å². The Morgan fingerprint density at radius 2 is 2.03 bits per heavy atom. The van der Waals surface area contributed by atoms with E-state index < -0.39 is 11.7 Å². The molecule has 1 unspecified atom stereocenters. The Bertz CT molecular complexity index is 863. The van der Waals surface area contributed by atoms with Crippen molar-refractivity contribution in [3.8, 4) is 5.75 Å². The van der Waals surface area contributed by atoms with E-state index in [0.717, 1.165) is 12.1 Å². The molecule has 3 fully saturated rings. The number of nitrogens with zero attached hydrogens (tertiary/aromatic N) is 2. The van der Waals surface area contributed by atoms with Gasteiger partial charge in [-0.05, 0) is 31.5 Å². The van der Waals surface area contributed by atoms with E-state index in [-0.39, 0.29) is 53.5 Å². The predicted molar refractivity (Wildman–Crippen MR) is 105 cm³/mol. The Kier molecular flexibility index (Phi) is 5.95. The molecule has 3 saturated heterocycles. The van der Waals surface area contributed by atoms with Crippen LogP contribution in [0.4, 0.5) is 18.0 Å². The van der Waals surface area contributed by atoms with Crippen molar-refractivity contribution < 1.29 is 32.2 Å². The maximum absolute atomic E-state index is 12.8. The van der Waals surface area contributed by atoms with Gasteiger partial charge in [0.1, 0.15) is 18.5 Å². The van der Waals surface area contributed by atoms with Crippen molar-refractivity contribution in [3.63, 3.8) is 0 Å². The zero-order valence-corrected chi connectivity index (χ0v) is 17.6. The molecule has 170 valence electrons. The first-order valence-electron chi connectivity index (χ1n) is 10.1. The maximum Gasteiger partial charge on any atom is 0.416 e. The highest BCUT2D eigenvalue weighted by Gasteiger charge is 2.41. The van der Waals surface area contributed by atoms with Gasteiger partial charge in [0, 0.05) is 32.1 Å². The molecular weight excluding hydrogens is 439 g/mol. The van der Waals surface area contributed by atoms with E-state index in [0.29, 0.717) is 32.6 Å². The zero-order valence-electron chi connectivity index (χ0n) is 16.8. The summed E-state index contributed by atoms with van der Waals surface area (Å²) in [5.41, 5.74) is -0.832. The molecule has 0 radical (unpaired) electrons. The number of alkyl halides is 3. The van der Waals surface area contributed by atoms with Gasteiger partial charge in [0.05, 0.1) is 22.7 Å². The van der Waals surface area contributed by atoms with E-state index in [1.807, 2.05) is 0 Å². The number of likely N-dealkylation sites (tertiary alicyclic amines) is 2. The van der Waals surface area contributed by atoms with Gasteiger partial charge in [-0.25, -0.2) is 4.79 Å². The summed E-state index contributed by atoms with van der Waals surface area (Å²) >= 11 is 5.96. The van der Waals surface area contributed by atoms with Crippen molar-refractivity contribution >= 4 is 23.5 Å². The first-order valence-corrected chi connectivity index (χ1v) is 10.5. The number of morpholine rings is 1. The van der Waals surface area contributed by atoms with Crippen LogP contribution in [0.15, 0.2) is 18.2 Å². The van der Waals surface area contributed by atoms with E-state index in [1.54, 1.807) is 16.7 Å². The van der Waals surface area contributed by atoms with Crippen LogP contribution in [0.3, 0.4) is 0 Å². The molecule has 0 bridgehead atoms. The molecule has 3 heterocycles. The van der Waals surface area contributed by atoms with Crippen LogP contribution < -0.4 is 10.1 Å². The van der Waals surface area contributed by atoms with E-state index in [1.165, 1.54) is 6.07 Å². The van der Waals surface area contributed by atoms with Crippen molar-refractivity contribution in [2.75, 3.05) is 32.8 Å². The standard InChI is InChI=1S/C20H23ClF3N3O4/c1-11(31-16-3-2-13(6-14(16)21)20(22,23)24)12-7-27(8-12)19(29)26-5-4-17-15(9-26)25-18(28)10-30-17/h2-3,6,11-12,15,17H,4-5,7-10H2,1H3,(H,25,28)/t11?,15-,17+/m0/s1. The lowest BCUT2D eigenvalue weighted by atomic mass is 9.94. The Morgan fingerprint density at radius 3 is 2.71 bits per heavy atom. The van der Waals surface area contributed by atoms with Gasteiger partial charge in [-0.3, -0.25) is 4.79 Å². The number of halogens is 4. The number of carbonyl (C=O) groups is 2. The highest BCUT2D eigenvalue weighted by molar-refractivity contribution is 6.32. The van der Waals surface area contributed by atoms with Crippen LogP contribution >= 0.6 is 11.6 Å². The maximum atomic E-state index is 12.8. The number of ether oxygens (including phenoxy) is 2. The average Bonchev–Trinajstić information content (AvgIpc) is 2.66. The van der Waals surface area contributed by atoms with Gasteiger partial charge < -0.3 is 24.6 Å². The molecular formula is C20H23ClF3N3O4. The Morgan fingerprint density at radius 1 is 1.29 bits per heavy atom. The summed E-state index contributed by atoms with van der Waals surface area (Å²) in [6.07, 6.45) is -4.19. The van der Waals surface area contributed by atoms with Crippen LogP contribution in [0.1, 0.15) is 18.9 Å². The number of urea groups is 1. The fourth-order valence-corrected chi connectivity index (χ4v) is 4.33. The fraction of sp³-hybridized carbons (Fsp3) is 0.600. The number of nitrogens with one attached hydrogen (secondary N) is 1. The van der Waals surface area contributed by atoms with Crippen molar-refractivity contribution in [1.29, 1.82) is 0 Å². The summed E-state index contributed by atoms with van der Waals surface area (Å²) in [6.45, 7) is 3.79. The summed E-state index contributed by atoms with van der Waals surface area (Å²) in [5.74, 6) is 0.0482. The predicted octanol–water partition coefficient (Wildman–Crippen LogP) is 2.77. The Labute approximate surface area is 182 Å². The number of fused-ring (bicyclic) bond motifs is 1. The van der Waals surface area contributed by atoms with E-state index in [4.69, 9.17) is 21.1 Å². The lowest BCUT2D eigenvalue weighted by Crippen LogP contribution is -2.64. The second-order valence-corrected chi connectivity index (χ2v) is 8.58. The molecule has 31 heavy (non-hydrogen) atoms. The minimum atomic E-state index is -4.47. The molecule has 3 aliphatic rings. The quantitative estimate of drug-likeness (QED) is 0.751. The molecule has 4 rings (SSSR count). The summed E-state index contributed by atoms with van der Waals surface area (Å²) in [5, 5.41) is 2.77. The molecule has 0 saturated carbocycles.